The summed E-state index contributed by atoms with van der Waals surface area (Å²) < 4.78 is 0. The molecule has 1 aromatic carbocycles. The van der Waals surface area contributed by atoms with Crippen molar-refractivity contribution in [2.24, 2.45) is 5.73 Å². The monoisotopic (exact) mass is 290 g/mol. The Morgan fingerprint density at radius 2 is 2.12 bits per heavy atom. The molecule has 0 unspecified atom stereocenters. The van der Waals surface area contributed by atoms with Crippen LogP contribution in [0.15, 0.2) is 18.2 Å². The number of rotatable bonds is 6. The predicted molar refractivity (Wildman–Crippen MR) is 78.8 cm³/mol. The summed E-state index contributed by atoms with van der Waals surface area (Å²) in [5, 5.41) is 1.33. The van der Waals surface area contributed by atoms with Gasteiger partial charge in [0.25, 0.3) is 0 Å². The molecule has 0 amide bonds. The lowest BCUT2D eigenvalue weighted by molar-refractivity contribution is 0.304. The Morgan fingerprint density at radius 1 is 1.41 bits per heavy atom. The topological polar surface area (TPSA) is 29.3 Å². The van der Waals surface area contributed by atoms with Gasteiger partial charge < -0.3 is 5.73 Å². The number of nitrogens with zero attached hydrogens (tertiary/aromatic N) is 1. The standard InChI is InChI=1S/C12H16Cl2N2S/c1-2-5-16(8-12(15)17)7-9-3-4-10(13)6-11(9)14/h3-4,6H,2,5,7-8H2,1H3,(H2,15,17). The van der Waals surface area contributed by atoms with Crippen molar-refractivity contribution in [2.45, 2.75) is 19.9 Å². The molecule has 1 aromatic rings. The van der Waals surface area contributed by atoms with Crippen LogP contribution in [0.25, 0.3) is 0 Å². The van der Waals surface area contributed by atoms with E-state index in [4.69, 9.17) is 41.2 Å². The smallest absolute Gasteiger partial charge is 0.0870 e. The van der Waals surface area contributed by atoms with Crippen molar-refractivity contribution in [2.75, 3.05) is 13.1 Å². The van der Waals surface area contributed by atoms with Gasteiger partial charge in [-0.2, -0.15) is 0 Å². The van der Waals surface area contributed by atoms with Crippen LogP contribution in [0.2, 0.25) is 10.0 Å². The first kappa shape index (κ1) is 14.7. The van der Waals surface area contributed by atoms with Crippen molar-refractivity contribution in [3.8, 4) is 0 Å². The van der Waals surface area contributed by atoms with Crippen molar-refractivity contribution < 1.29 is 0 Å². The van der Waals surface area contributed by atoms with Crippen LogP contribution in [0.5, 0.6) is 0 Å². The van der Waals surface area contributed by atoms with Crippen LogP contribution in [0.4, 0.5) is 0 Å². The van der Waals surface area contributed by atoms with Gasteiger partial charge in [0.2, 0.25) is 0 Å². The van der Waals surface area contributed by atoms with Crippen molar-refractivity contribution in [1.82, 2.24) is 4.90 Å². The molecule has 0 aliphatic rings. The molecular weight excluding hydrogens is 275 g/mol. The fourth-order valence-corrected chi connectivity index (χ4v) is 2.29. The number of hydrogen-bond donors (Lipinski definition) is 1. The Morgan fingerprint density at radius 3 is 2.65 bits per heavy atom. The molecule has 0 atom stereocenters. The fraction of sp³-hybridized carbons (Fsp3) is 0.417. The van der Waals surface area contributed by atoms with Gasteiger partial charge in [0.15, 0.2) is 0 Å². The summed E-state index contributed by atoms with van der Waals surface area (Å²) in [5.41, 5.74) is 6.62. The quantitative estimate of drug-likeness (QED) is 0.813. The average molecular weight is 291 g/mol. The van der Waals surface area contributed by atoms with E-state index >= 15 is 0 Å². The second-order valence-corrected chi connectivity index (χ2v) is 5.28. The van der Waals surface area contributed by atoms with Crippen LogP contribution in [-0.4, -0.2) is 23.0 Å². The lowest BCUT2D eigenvalue weighted by Gasteiger charge is -2.21. The molecule has 0 aliphatic heterocycles. The molecule has 0 spiro atoms. The lowest BCUT2D eigenvalue weighted by atomic mass is 10.2. The van der Waals surface area contributed by atoms with Crippen LogP contribution < -0.4 is 5.73 Å². The summed E-state index contributed by atoms with van der Waals surface area (Å²) in [6.07, 6.45) is 1.05. The van der Waals surface area contributed by atoms with Gasteiger partial charge in [0.05, 0.1) is 4.99 Å². The normalized spacial score (nSPS) is 10.8. The minimum absolute atomic E-state index is 0.503. The van der Waals surface area contributed by atoms with Crippen molar-refractivity contribution in [3.63, 3.8) is 0 Å². The maximum Gasteiger partial charge on any atom is 0.0870 e. The van der Waals surface area contributed by atoms with E-state index in [9.17, 15) is 0 Å². The molecule has 0 heterocycles. The Labute approximate surface area is 118 Å². The SMILES string of the molecule is CCCN(CC(N)=S)Cc1ccc(Cl)cc1Cl. The molecular formula is C12H16Cl2N2S. The van der Waals surface area contributed by atoms with E-state index in [0.717, 1.165) is 25.1 Å². The average Bonchev–Trinajstić information content (AvgIpc) is 2.21. The number of hydrogen-bond acceptors (Lipinski definition) is 2. The van der Waals surface area contributed by atoms with Gasteiger partial charge in [0.1, 0.15) is 0 Å². The second-order valence-electron chi connectivity index (χ2n) is 3.91. The zero-order chi connectivity index (χ0) is 12.8. The fourth-order valence-electron chi connectivity index (χ4n) is 1.64. The molecule has 0 saturated heterocycles. The number of benzene rings is 1. The zero-order valence-electron chi connectivity index (χ0n) is 9.75. The lowest BCUT2D eigenvalue weighted by Crippen LogP contribution is -2.33. The van der Waals surface area contributed by atoms with Gasteiger partial charge >= 0.3 is 0 Å². The maximum atomic E-state index is 6.14. The molecule has 0 saturated carbocycles. The zero-order valence-corrected chi connectivity index (χ0v) is 12.1. The molecule has 1 rings (SSSR count). The summed E-state index contributed by atoms with van der Waals surface area (Å²) in [4.78, 5) is 2.68. The Balaban J connectivity index is 2.74. The van der Waals surface area contributed by atoms with Gasteiger partial charge in [-0.15, -0.1) is 0 Å². The Kier molecular flexibility index (Phi) is 6.20. The van der Waals surface area contributed by atoms with Gasteiger partial charge in [-0.1, -0.05) is 48.4 Å². The van der Waals surface area contributed by atoms with Gasteiger partial charge in [0, 0.05) is 23.1 Å². The molecule has 0 aliphatic carbocycles. The van der Waals surface area contributed by atoms with E-state index in [0.29, 0.717) is 21.6 Å². The van der Waals surface area contributed by atoms with E-state index < -0.39 is 0 Å². The van der Waals surface area contributed by atoms with Gasteiger partial charge in [-0.05, 0) is 30.7 Å². The molecule has 0 radical (unpaired) electrons. The summed E-state index contributed by atoms with van der Waals surface area (Å²) in [5.74, 6) is 0. The predicted octanol–water partition coefficient (Wildman–Crippen LogP) is 3.49. The van der Waals surface area contributed by atoms with Crippen molar-refractivity contribution >= 4 is 40.4 Å². The first-order valence-electron chi connectivity index (χ1n) is 5.47. The summed E-state index contributed by atoms with van der Waals surface area (Å²) in [7, 11) is 0. The number of thiocarbonyl (C=S) groups is 1. The first-order chi connectivity index (χ1) is 8.02. The van der Waals surface area contributed by atoms with Gasteiger partial charge in [-0.3, -0.25) is 4.90 Å². The third kappa shape index (κ3) is 5.21. The van der Waals surface area contributed by atoms with E-state index in [-0.39, 0.29) is 0 Å². The van der Waals surface area contributed by atoms with E-state index in [1.807, 2.05) is 12.1 Å². The first-order valence-corrected chi connectivity index (χ1v) is 6.64. The van der Waals surface area contributed by atoms with Crippen molar-refractivity contribution in [3.05, 3.63) is 33.8 Å². The van der Waals surface area contributed by atoms with E-state index in [1.165, 1.54) is 0 Å². The number of halogens is 2. The highest BCUT2D eigenvalue weighted by atomic mass is 35.5. The number of nitrogens with two attached hydrogens (primary N) is 1. The summed E-state index contributed by atoms with van der Waals surface area (Å²) in [6.45, 7) is 4.41. The molecule has 0 fully saturated rings. The summed E-state index contributed by atoms with van der Waals surface area (Å²) in [6, 6.07) is 5.53. The molecule has 5 heteroatoms. The molecule has 0 aromatic heterocycles. The molecule has 94 valence electrons. The van der Waals surface area contributed by atoms with Gasteiger partial charge in [-0.25, -0.2) is 0 Å². The van der Waals surface area contributed by atoms with E-state index in [2.05, 4.69) is 11.8 Å². The highest BCUT2D eigenvalue weighted by Gasteiger charge is 2.09. The molecule has 17 heavy (non-hydrogen) atoms. The highest BCUT2D eigenvalue weighted by molar-refractivity contribution is 7.80. The summed E-state index contributed by atoms with van der Waals surface area (Å²) >= 11 is 16.9. The van der Waals surface area contributed by atoms with Crippen LogP contribution in [0.1, 0.15) is 18.9 Å². The Bertz CT molecular complexity index is 396. The maximum absolute atomic E-state index is 6.14. The molecule has 2 N–H and O–H groups in total. The van der Waals surface area contributed by atoms with E-state index in [1.54, 1.807) is 6.07 Å². The molecule has 2 nitrogen and oxygen atoms in total. The van der Waals surface area contributed by atoms with Crippen molar-refractivity contribution in [1.29, 1.82) is 0 Å². The third-order valence-corrected chi connectivity index (χ3v) is 3.04. The minimum atomic E-state index is 0.503. The second kappa shape index (κ2) is 7.17. The third-order valence-electron chi connectivity index (χ3n) is 2.33. The highest BCUT2D eigenvalue weighted by Crippen LogP contribution is 2.22. The molecule has 0 bridgehead atoms. The minimum Gasteiger partial charge on any atom is -0.392 e. The van der Waals surface area contributed by atoms with Crippen LogP contribution in [0.3, 0.4) is 0 Å². The Hall–Kier alpha value is -0.350. The van der Waals surface area contributed by atoms with Crippen LogP contribution >= 0.6 is 35.4 Å². The van der Waals surface area contributed by atoms with Crippen LogP contribution in [0, 0.1) is 0 Å². The largest absolute Gasteiger partial charge is 0.392 e. The van der Waals surface area contributed by atoms with Crippen LogP contribution in [-0.2, 0) is 6.54 Å².